The van der Waals surface area contributed by atoms with Crippen LogP contribution in [0.15, 0.2) is 24.3 Å². The van der Waals surface area contributed by atoms with E-state index in [2.05, 4.69) is 22.5 Å². The fourth-order valence-corrected chi connectivity index (χ4v) is 3.50. The Bertz CT molecular complexity index is 596. The van der Waals surface area contributed by atoms with Crippen molar-refractivity contribution in [1.82, 2.24) is 4.90 Å². The summed E-state index contributed by atoms with van der Waals surface area (Å²) in [6.07, 6.45) is 2.32. The summed E-state index contributed by atoms with van der Waals surface area (Å²) in [5.74, 6) is 0.861. The molecule has 1 fully saturated rings. The number of thiocarbonyl (C=S) groups is 1. The number of hydrogen-bond acceptors (Lipinski definition) is 4. The number of anilines is 2. The number of thioether (sulfide) groups is 1. The molecule has 0 saturated carbocycles. The molecule has 0 atom stereocenters. The third kappa shape index (κ3) is 6.13. The number of amides is 2. The number of nitrogens with one attached hydrogen (secondary N) is 2. The second-order valence-electron chi connectivity index (χ2n) is 6.03. The predicted octanol–water partition coefficient (Wildman–Crippen LogP) is 3.33. The van der Waals surface area contributed by atoms with Crippen LogP contribution < -0.4 is 10.6 Å². The summed E-state index contributed by atoms with van der Waals surface area (Å²) in [6, 6.07) is 7.03. The number of carbonyl (C=O) groups is 2. The van der Waals surface area contributed by atoms with Crippen LogP contribution in [0, 0.1) is 5.92 Å². The first-order valence-electron chi connectivity index (χ1n) is 8.03. The van der Waals surface area contributed by atoms with Crippen molar-refractivity contribution in [2.45, 2.75) is 26.7 Å². The van der Waals surface area contributed by atoms with Gasteiger partial charge in [0, 0.05) is 31.4 Å². The van der Waals surface area contributed by atoms with E-state index in [0.717, 1.165) is 36.2 Å². The van der Waals surface area contributed by atoms with Crippen molar-refractivity contribution in [1.29, 1.82) is 0 Å². The standard InChI is InChI=1S/C17H23N3O2S2/c1-12-7-9-20(10-8-12)17(23)24-11-16(22)19-15-5-3-14(4-6-15)18-13(2)21/h3-6,12H,7-11H2,1-2H3,(H,18,21)(H,19,22). The molecule has 2 amide bonds. The summed E-state index contributed by atoms with van der Waals surface area (Å²) in [5.41, 5.74) is 1.41. The number of likely N-dealkylation sites (tertiary alicyclic amines) is 1. The lowest BCUT2D eigenvalue weighted by Gasteiger charge is -2.31. The molecule has 0 spiro atoms. The van der Waals surface area contributed by atoms with E-state index in [9.17, 15) is 9.59 Å². The third-order valence-corrected chi connectivity index (χ3v) is 5.38. The molecular weight excluding hydrogens is 342 g/mol. The molecule has 1 saturated heterocycles. The molecule has 1 aliphatic rings. The van der Waals surface area contributed by atoms with E-state index < -0.39 is 0 Å². The lowest BCUT2D eigenvalue weighted by molar-refractivity contribution is -0.114. The Morgan fingerprint density at radius 3 is 2.25 bits per heavy atom. The Balaban J connectivity index is 1.74. The van der Waals surface area contributed by atoms with Crippen LogP contribution in [0.25, 0.3) is 0 Å². The first-order valence-corrected chi connectivity index (χ1v) is 9.42. The summed E-state index contributed by atoms with van der Waals surface area (Å²) in [6.45, 7) is 5.69. The van der Waals surface area contributed by atoms with Crippen LogP contribution in [0.3, 0.4) is 0 Å². The zero-order valence-electron chi connectivity index (χ0n) is 14.0. The first-order chi connectivity index (χ1) is 11.4. The highest BCUT2D eigenvalue weighted by Crippen LogP contribution is 2.20. The molecule has 0 unspecified atom stereocenters. The van der Waals surface area contributed by atoms with Crippen molar-refractivity contribution < 1.29 is 9.59 Å². The maximum atomic E-state index is 12.0. The summed E-state index contributed by atoms with van der Waals surface area (Å²) < 4.78 is 0.804. The van der Waals surface area contributed by atoms with Gasteiger partial charge in [0.25, 0.3) is 0 Å². The van der Waals surface area contributed by atoms with Crippen LogP contribution in [-0.4, -0.2) is 39.9 Å². The molecule has 5 nitrogen and oxygen atoms in total. The SMILES string of the molecule is CC(=O)Nc1ccc(NC(=O)CSC(=S)N2CCC(C)CC2)cc1. The smallest absolute Gasteiger partial charge is 0.234 e. The van der Waals surface area contributed by atoms with Gasteiger partial charge in [0.1, 0.15) is 4.32 Å². The van der Waals surface area contributed by atoms with Crippen molar-refractivity contribution in [3.05, 3.63) is 24.3 Å². The van der Waals surface area contributed by atoms with Gasteiger partial charge in [-0.3, -0.25) is 9.59 Å². The number of rotatable bonds is 4. The Morgan fingerprint density at radius 1 is 1.17 bits per heavy atom. The van der Waals surface area contributed by atoms with Crippen LogP contribution in [-0.2, 0) is 9.59 Å². The van der Waals surface area contributed by atoms with E-state index >= 15 is 0 Å². The Kier molecular flexibility index (Phi) is 7.05. The number of hydrogen-bond donors (Lipinski definition) is 2. The minimum atomic E-state index is -0.121. The molecule has 24 heavy (non-hydrogen) atoms. The summed E-state index contributed by atoms with van der Waals surface area (Å²) >= 11 is 6.83. The van der Waals surface area contributed by atoms with Crippen molar-refractivity contribution >= 4 is 51.5 Å². The predicted molar refractivity (Wildman–Crippen MR) is 104 cm³/mol. The topological polar surface area (TPSA) is 61.4 Å². The zero-order valence-corrected chi connectivity index (χ0v) is 15.6. The first kappa shape index (κ1) is 18.7. The lowest BCUT2D eigenvalue weighted by Crippen LogP contribution is -2.36. The van der Waals surface area contributed by atoms with Crippen LogP contribution in [0.4, 0.5) is 11.4 Å². The molecule has 0 radical (unpaired) electrons. The number of carbonyl (C=O) groups excluding carboxylic acids is 2. The van der Waals surface area contributed by atoms with Crippen molar-refractivity contribution in [3.63, 3.8) is 0 Å². The zero-order chi connectivity index (χ0) is 17.5. The van der Waals surface area contributed by atoms with Crippen LogP contribution in [0.1, 0.15) is 26.7 Å². The molecule has 1 heterocycles. The molecule has 0 aromatic heterocycles. The highest BCUT2D eigenvalue weighted by Gasteiger charge is 2.18. The van der Waals surface area contributed by atoms with E-state index in [1.54, 1.807) is 24.3 Å². The summed E-state index contributed by atoms with van der Waals surface area (Å²) in [5, 5.41) is 5.52. The Labute approximate surface area is 152 Å². The monoisotopic (exact) mass is 365 g/mol. The molecule has 1 aromatic rings. The molecule has 1 aliphatic heterocycles. The molecule has 2 N–H and O–H groups in total. The largest absolute Gasteiger partial charge is 0.357 e. The third-order valence-electron chi connectivity index (χ3n) is 3.86. The van der Waals surface area contributed by atoms with Gasteiger partial charge in [-0.1, -0.05) is 30.9 Å². The van der Waals surface area contributed by atoms with E-state index in [-0.39, 0.29) is 11.8 Å². The van der Waals surface area contributed by atoms with Crippen molar-refractivity contribution in [3.8, 4) is 0 Å². The molecular formula is C17H23N3O2S2. The fraction of sp³-hybridized carbons (Fsp3) is 0.471. The minimum absolute atomic E-state index is 0.0833. The highest BCUT2D eigenvalue weighted by atomic mass is 32.2. The van der Waals surface area contributed by atoms with Gasteiger partial charge >= 0.3 is 0 Å². The van der Waals surface area contributed by atoms with E-state index in [1.807, 2.05) is 0 Å². The fourth-order valence-electron chi connectivity index (χ4n) is 2.45. The second kappa shape index (κ2) is 9.03. The lowest BCUT2D eigenvalue weighted by atomic mass is 10.00. The minimum Gasteiger partial charge on any atom is -0.357 e. The quantitative estimate of drug-likeness (QED) is 0.802. The number of nitrogens with zero attached hydrogens (tertiary/aromatic N) is 1. The molecule has 0 bridgehead atoms. The van der Waals surface area contributed by atoms with Crippen molar-refractivity contribution in [2.75, 3.05) is 29.5 Å². The second-order valence-corrected chi connectivity index (χ2v) is 7.64. The maximum Gasteiger partial charge on any atom is 0.234 e. The Morgan fingerprint density at radius 2 is 1.71 bits per heavy atom. The van der Waals surface area contributed by atoms with E-state index in [1.165, 1.54) is 18.7 Å². The maximum absolute atomic E-state index is 12.0. The van der Waals surface area contributed by atoms with Gasteiger partial charge in [0.2, 0.25) is 11.8 Å². The van der Waals surface area contributed by atoms with Gasteiger partial charge in [-0.2, -0.15) is 0 Å². The Hall–Kier alpha value is -1.60. The van der Waals surface area contributed by atoms with Crippen LogP contribution in [0.2, 0.25) is 0 Å². The summed E-state index contributed by atoms with van der Waals surface area (Å²) in [7, 11) is 0. The van der Waals surface area contributed by atoms with Crippen molar-refractivity contribution in [2.24, 2.45) is 5.92 Å². The normalized spacial score (nSPS) is 15.0. The van der Waals surface area contributed by atoms with Gasteiger partial charge < -0.3 is 15.5 Å². The van der Waals surface area contributed by atoms with Gasteiger partial charge in [-0.05, 0) is 43.0 Å². The van der Waals surface area contributed by atoms with E-state index in [4.69, 9.17) is 12.2 Å². The molecule has 1 aromatic carbocycles. The highest BCUT2D eigenvalue weighted by molar-refractivity contribution is 8.23. The summed E-state index contributed by atoms with van der Waals surface area (Å²) in [4.78, 5) is 25.2. The number of piperidine rings is 1. The van der Waals surface area contributed by atoms with Gasteiger partial charge in [-0.25, -0.2) is 0 Å². The number of benzene rings is 1. The van der Waals surface area contributed by atoms with Crippen LogP contribution in [0.5, 0.6) is 0 Å². The van der Waals surface area contributed by atoms with Gasteiger partial charge in [0.15, 0.2) is 0 Å². The van der Waals surface area contributed by atoms with Crippen LogP contribution >= 0.6 is 24.0 Å². The molecule has 0 aliphatic carbocycles. The molecule has 2 rings (SSSR count). The van der Waals surface area contributed by atoms with Gasteiger partial charge in [-0.15, -0.1) is 0 Å². The average molecular weight is 366 g/mol. The molecule has 7 heteroatoms. The van der Waals surface area contributed by atoms with Gasteiger partial charge in [0.05, 0.1) is 5.75 Å². The van der Waals surface area contributed by atoms with E-state index in [0.29, 0.717) is 17.1 Å². The molecule has 130 valence electrons. The average Bonchev–Trinajstić information content (AvgIpc) is 2.54.